The molecule has 0 radical (unpaired) electrons. The van der Waals surface area contributed by atoms with Crippen LogP contribution in [0.5, 0.6) is 0 Å². The number of carbonyl (C=O) groups is 1. The second-order valence-electron chi connectivity index (χ2n) is 4.15. The van der Waals surface area contributed by atoms with Crippen molar-refractivity contribution < 1.29 is 4.79 Å². The van der Waals surface area contributed by atoms with Gasteiger partial charge >= 0.3 is 0 Å². The van der Waals surface area contributed by atoms with Gasteiger partial charge in [-0.15, -0.1) is 11.3 Å². The van der Waals surface area contributed by atoms with Crippen molar-refractivity contribution in [1.29, 1.82) is 0 Å². The predicted molar refractivity (Wildman–Crippen MR) is 74.5 cm³/mol. The molecule has 0 bridgehead atoms. The number of amides is 1. The molecule has 4 nitrogen and oxygen atoms in total. The van der Waals surface area contributed by atoms with Crippen LogP contribution in [-0.2, 0) is 0 Å². The molecule has 0 aliphatic carbocycles. The molecule has 0 aromatic carbocycles. The van der Waals surface area contributed by atoms with Crippen LogP contribution in [0.2, 0.25) is 0 Å². The third-order valence-corrected chi connectivity index (χ3v) is 4.27. The number of hydrogen-bond acceptors (Lipinski definition) is 4. The summed E-state index contributed by atoms with van der Waals surface area (Å²) in [5, 5.41) is 3.75. The number of carbonyl (C=O) groups excluding carboxylic acids is 1. The van der Waals surface area contributed by atoms with Crippen LogP contribution in [-0.4, -0.2) is 21.4 Å². The molecule has 6 heteroatoms. The summed E-state index contributed by atoms with van der Waals surface area (Å²) in [7, 11) is 0. The van der Waals surface area contributed by atoms with Crippen molar-refractivity contribution in [3.8, 4) is 0 Å². The zero-order valence-corrected chi connectivity index (χ0v) is 12.1. The van der Waals surface area contributed by atoms with Gasteiger partial charge in [-0.3, -0.25) is 4.79 Å². The third kappa shape index (κ3) is 3.01. The van der Waals surface area contributed by atoms with Crippen LogP contribution in [0.4, 0.5) is 0 Å². The smallest absolute Gasteiger partial charge is 0.264 e. The number of thiazole rings is 1. The third-order valence-electron chi connectivity index (χ3n) is 2.75. The molecule has 1 rings (SSSR count). The number of nitrogens with two attached hydrogens (primary N) is 1. The van der Waals surface area contributed by atoms with Gasteiger partial charge < -0.3 is 11.1 Å². The van der Waals surface area contributed by atoms with Crippen molar-refractivity contribution in [1.82, 2.24) is 10.3 Å². The van der Waals surface area contributed by atoms with Crippen LogP contribution < -0.4 is 11.1 Å². The lowest BCUT2D eigenvalue weighted by molar-refractivity contribution is 0.0930. The molecule has 1 heterocycles. The van der Waals surface area contributed by atoms with E-state index in [2.05, 4.69) is 10.3 Å². The summed E-state index contributed by atoms with van der Waals surface area (Å²) < 4.78 is 0. The summed E-state index contributed by atoms with van der Waals surface area (Å²) in [5.74, 6) is -0.162. The van der Waals surface area contributed by atoms with Crippen LogP contribution in [0.3, 0.4) is 0 Å². The highest BCUT2D eigenvalue weighted by molar-refractivity contribution is 7.80. The number of aryl methyl sites for hydroxylation is 2. The van der Waals surface area contributed by atoms with Crippen molar-refractivity contribution in [2.45, 2.75) is 39.7 Å². The van der Waals surface area contributed by atoms with E-state index in [9.17, 15) is 4.79 Å². The van der Waals surface area contributed by atoms with Crippen molar-refractivity contribution in [3.05, 3.63) is 15.6 Å². The first-order valence-electron chi connectivity index (χ1n) is 5.36. The fraction of sp³-hybridized carbons (Fsp3) is 0.545. The molecule has 94 valence electrons. The summed E-state index contributed by atoms with van der Waals surface area (Å²) in [5.41, 5.74) is 5.76. The van der Waals surface area contributed by atoms with E-state index in [0.29, 0.717) is 16.3 Å². The summed E-state index contributed by atoms with van der Waals surface area (Å²) in [6.07, 6.45) is 0.658. The van der Waals surface area contributed by atoms with Gasteiger partial charge in [0.15, 0.2) is 0 Å². The maximum absolute atomic E-state index is 12.1. The van der Waals surface area contributed by atoms with Gasteiger partial charge in [-0.25, -0.2) is 4.98 Å². The Labute approximate surface area is 111 Å². The Morgan fingerprint density at radius 2 is 2.18 bits per heavy atom. The fourth-order valence-electron chi connectivity index (χ4n) is 1.37. The zero-order valence-electron chi connectivity index (χ0n) is 10.5. The Bertz CT molecular complexity index is 456. The minimum absolute atomic E-state index is 0.162. The standard InChI is InChI=1S/C11H17N3OS2/c1-5-11(4,10(12)16)14-9(15)8-6(2)13-7(3)17-8/h5H2,1-4H3,(H2,12,16)(H,14,15). The molecule has 0 aliphatic heterocycles. The predicted octanol–water partition coefficient (Wildman–Crippen LogP) is 1.94. The lowest BCUT2D eigenvalue weighted by Crippen LogP contribution is -2.54. The van der Waals surface area contributed by atoms with Gasteiger partial charge in [0.05, 0.1) is 21.2 Å². The molecule has 0 saturated carbocycles. The Morgan fingerprint density at radius 3 is 2.53 bits per heavy atom. The maximum atomic E-state index is 12.1. The molecule has 0 saturated heterocycles. The average Bonchev–Trinajstić information content (AvgIpc) is 2.57. The van der Waals surface area contributed by atoms with E-state index in [4.69, 9.17) is 18.0 Å². The number of thiocarbonyl (C=S) groups is 1. The summed E-state index contributed by atoms with van der Waals surface area (Å²) >= 11 is 6.36. The van der Waals surface area contributed by atoms with Gasteiger partial charge in [0.25, 0.3) is 5.91 Å². The number of rotatable bonds is 4. The average molecular weight is 271 g/mol. The number of nitrogens with one attached hydrogen (secondary N) is 1. The molecule has 0 aliphatic rings. The molecular weight excluding hydrogens is 254 g/mol. The lowest BCUT2D eigenvalue weighted by Gasteiger charge is -2.28. The zero-order chi connectivity index (χ0) is 13.2. The van der Waals surface area contributed by atoms with E-state index < -0.39 is 5.54 Å². The minimum Gasteiger partial charge on any atom is -0.391 e. The Balaban J connectivity index is 2.93. The molecule has 3 N–H and O–H groups in total. The van der Waals surface area contributed by atoms with Crippen LogP contribution in [0.15, 0.2) is 0 Å². The van der Waals surface area contributed by atoms with Crippen molar-refractivity contribution in [2.24, 2.45) is 5.73 Å². The van der Waals surface area contributed by atoms with E-state index in [-0.39, 0.29) is 5.91 Å². The molecule has 1 aromatic heterocycles. The second-order valence-corrected chi connectivity index (χ2v) is 5.79. The Kier molecular flexibility index (Phi) is 4.21. The van der Waals surface area contributed by atoms with E-state index in [0.717, 1.165) is 10.7 Å². The topological polar surface area (TPSA) is 68.0 Å². The highest BCUT2D eigenvalue weighted by atomic mass is 32.1. The molecule has 0 fully saturated rings. The first kappa shape index (κ1) is 14.1. The van der Waals surface area contributed by atoms with Gasteiger partial charge in [-0.2, -0.15) is 0 Å². The highest BCUT2D eigenvalue weighted by Crippen LogP contribution is 2.19. The first-order chi connectivity index (χ1) is 7.80. The maximum Gasteiger partial charge on any atom is 0.264 e. The highest BCUT2D eigenvalue weighted by Gasteiger charge is 2.29. The number of nitrogens with zero attached hydrogens (tertiary/aromatic N) is 1. The van der Waals surface area contributed by atoms with Gasteiger partial charge in [-0.05, 0) is 27.2 Å². The van der Waals surface area contributed by atoms with Gasteiger partial charge in [-0.1, -0.05) is 19.1 Å². The number of aromatic nitrogens is 1. The van der Waals surface area contributed by atoms with Crippen LogP contribution >= 0.6 is 23.6 Å². The molecule has 1 amide bonds. The quantitative estimate of drug-likeness (QED) is 0.821. The van der Waals surface area contributed by atoms with Crippen LogP contribution in [0.1, 0.15) is 40.6 Å². The minimum atomic E-state index is -0.642. The normalized spacial score (nSPS) is 14.1. The van der Waals surface area contributed by atoms with Gasteiger partial charge in [0.1, 0.15) is 4.88 Å². The summed E-state index contributed by atoms with van der Waals surface area (Å²) in [6, 6.07) is 0. The lowest BCUT2D eigenvalue weighted by atomic mass is 9.99. The Hall–Kier alpha value is -1.01. The molecule has 1 aromatic rings. The fourth-order valence-corrected chi connectivity index (χ4v) is 2.38. The monoisotopic (exact) mass is 271 g/mol. The molecule has 0 spiro atoms. The molecule has 17 heavy (non-hydrogen) atoms. The first-order valence-corrected chi connectivity index (χ1v) is 6.59. The second kappa shape index (κ2) is 5.10. The summed E-state index contributed by atoms with van der Waals surface area (Å²) in [4.78, 5) is 17.3. The van der Waals surface area contributed by atoms with Gasteiger partial charge in [0.2, 0.25) is 0 Å². The van der Waals surface area contributed by atoms with Crippen molar-refractivity contribution >= 4 is 34.5 Å². The van der Waals surface area contributed by atoms with E-state index >= 15 is 0 Å². The van der Waals surface area contributed by atoms with E-state index in [1.165, 1.54) is 11.3 Å². The van der Waals surface area contributed by atoms with Gasteiger partial charge in [0, 0.05) is 0 Å². The molecule has 1 unspecified atom stereocenters. The molecular formula is C11H17N3OS2. The Morgan fingerprint density at radius 1 is 1.59 bits per heavy atom. The summed E-state index contributed by atoms with van der Waals surface area (Å²) in [6.45, 7) is 7.46. The van der Waals surface area contributed by atoms with Crippen molar-refractivity contribution in [2.75, 3.05) is 0 Å². The van der Waals surface area contributed by atoms with E-state index in [1.807, 2.05) is 27.7 Å². The van der Waals surface area contributed by atoms with E-state index in [1.54, 1.807) is 0 Å². The largest absolute Gasteiger partial charge is 0.391 e. The SMILES string of the molecule is CCC(C)(NC(=O)c1sc(C)nc1C)C(N)=S. The number of hydrogen-bond donors (Lipinski definition) is 2. The van der Waals surface area contributed by atoms with Crippen molar-refractivity contribution in [3.63, 3.8) is 0 Å². The molecule has 1 atom stereocenters. The van der Waals surface area contributed by atoms with Crippen LogP contribution in [0.25, 0.3) is 0 Å². The van der Waals surface area contributed by atoms with Crippen LogP contribution in [0, 0.1) is 13.8 Å².